The highest BCUT2D eigenvalue weighted by Crippen LogP contribution is 2.51. The average molecular weight is 783 g/mol. The molecule has 0 amide bonds. The molecule has 0 unspecified atom stereocenters. The van der Waals surface area contributed by atoms with Crippen LogP contribution in [0.4, 0.5) is 5.69 Å². The minimum atomic E-state index is -0.176. The van der Waals surface area contributed by atoms with Crippen molar-refractivity contribution in [2.45, 2.75) is 38.5 Å². The number of aromatic nitrogens is 5. The summed E-state index contributed by atoms with van der Waals surface area (Å²) < 4.78 is 2.26. The van der Waals surface area contributed by atoms with Gasteiger partial charge in [-0.25, -0.2) is 19.8 Å². The molecule has 0 radical (unpaired) electrons. The van der Waals surface area contributed by atoms with Gasteiger partial charge in [0.1, 0.15) is 0 Å². The second-order valence-corrected chi connectivity index (χ2v) is 17.4. The van der Waals surface area contributed by atoms with Gasteiger partial charge in [0.2, 0.25) is 0 Å². The van der Waals surface area contributed by atoms with Gasteiger partial charge in [-0.05, 0) is 104 Å². The zero-order chi connectivity index (χ0) is 41.2. The van der Waals surface area contributed by atoms with Crippen molar-refractivity contribution >= 4 is 38.4 Å². The number of benzene rings is 7. The van der Waals surface area contributed by atoms with E-state index in [2.05, 4.69) is 165 Å². The van der Waals surface area contributed by atoms with Crippen molar-refractivity contribution in [3.05, 3.63) is 192 Å². The van der Waals surface area contributed by atoms with Gasteiger partial charge in [0.05, 0.1) is 28.8 Å². The fourth-order valence-electron chi connectivity index (χ4n) is 10.2. The molecule has 12 rings (SSSR count). The van der Waals surface area contributed by atoms with Crippen LogP contribution in [-0.4, -0.2) is 24.5 Å². The maximum absolute atomic E-state index is 7.89. The summed E-state index contributed by atoms with van der Waals surface area (Å²) >= 11 is 0. The van der Waals surface area contributed by atoms with Crippen molar-refractivity contribution < 1.29 is 0 Å². The van der Waals surface area contributed by atoms with Crippen LogP contribution in [0.3, 0.4) is 0 Å². The Morgan fingerprint density at radius 3 is 1.59 bits per heavy atom. The highest BCUT2D eigenvalue weighted by Gasteiger charge is 2.37. The number of para-hydroxylation sites is 1. The standard InChI is InChI=1S/C55H38N6/c1-54(2)43-16-8-6-14-37(43)39-23-19-34(29-45(39)54)52-58-51(59-53(60-52)35-20-24-40-38-15-7-9-17-44(38)55(3,4)46(40)30-35)33-21-25-47-41(28-33)42-31-36(56-5)22-26-48(42)61(47)49-18-10-12-32-13-11-27-57-50(32)49/h6-31H,1-4H3. The normalized spacial score (nSPS) is 14.1. The van der Waals surface area contributed by atoms with Crippen LogP contribution in [0.2, 0.25) is 0 Å². The van der Waals surface area contributed by atoms with E-state index in [1.54, 1.807) is 0 Å². The quantitative estimate of drug-likeness (QED) is 0.167. The fraction of sp³-hybridized carbons (Fsp3) is 0.109. The maximum Gasteiger partial charge on any atom is 0.188 e. The molecule has 0 atom stereocenters. The topological polar surface area (TPSA) is 60.9 Å². The summed E-state index contributed by atoms with van der Waals surface area (Å²) in [7, 11) is 0. The van der Waals surface area contributed by atoms with Gasteiger partial charge in [-0.15, -0.1) is 0 Å². The van der Waals surface area contributed by atoms with Crippen LogP contribution < -0.4 is 0 Å². The summed E-state index contributed by atoms with van der Waals surface area (Å²) in [5.41, 5.74) is 17.1. The molecule has 10 aromatic rings. The van der Waals surface area contributed by atoms with Crippen LogP contribution in [0.5, 0.6) is 0 Å². The van der Waals surface area contributed by atoms with Crippen molar-refractivity contribution in [1.29, 1.82) is 0 Å². The SMILES string of the molecule is [C-]#[N+]c1ccc2c(c1)c1cc(-c3nc(-c4ccc5c(c4)C(C)(C)c4ccccc4-5)nc(-c4ccc5c(c4)C(C)(C)c4ccccc4-5)n3)ccc1n2-c1cccc2cccnc12. The molecule has 0 saturated carbocycles. The van der Waals surface area contributed by atoms with E-state index in [9.17, 15) is 0 Å². The molecule has 288 valence electrons. The lowest BCUT2D eigenvalue weighted by molar-refractivity contribution is 0.660. The van der Waals surface area contributed by atoms with Gasteiger partial charge in [-0.2, -0.15) is 0 Å². The Hall–Kier alpha value is -7.75. The summed E-state index contributed by atoms with van der Waals surface area (Å²) in [5, 5.41) is 3.05. The molecule has 0 N–H and O–H groups in total. The first kappa shape index (κ1) is 35.2. The van der Waals surface area contributed by atoms with E-state index in [-0.39, 0.29) is 10.8 Å². The molecule has 3 aromatic heterocycles. The minimum Gasteiger partial charge on any atom is -0.307 e. The molecule has 6 nitrogen and oxygen atoms in total. The molecule has 0 spiro atoms. The van der Waals surface area contributed by atoms with Crippen molar-refractivity contribution in [3.63, 3.8) is 0 Å². The van der Waals surface area contributed by atoms with Gasteiger partial charge in [-0.3, -0.25) is 4.98 Å². The van der Waals surface area contributed by atoms with E-state index in [1.165, 1.54) is 44.5 Å². The average Bonchev–Trinajstić information content (AvgIpc) is 3.84. The third kappa shape index (κ3) is 5.07. The number of pyridine rings is 1. The smallest absolute Gasteiger partial charge is 0.188 e. The van der Waals surface area contributed by atoms with Gasteiger partial charge in [0.25, 0.3) is 0 Å². The van der Waals surface area contributed by atoms with E-state index in [0.29, 0.717) is 23.2 Å². The Labute approximate surface area is 353 Å². The van der Waals surface area contributed by atoms with E-state index < -0.39 is 0 Å². The molecule has 3 heterocycles. The Bertz CT molecular complexity index is 3430. The first-order chi connectivity index (χ1) is 29.7. The number of rotatable bonds is 4. The van der Waals surface area contributed by atoms with Crippen LogP contribution >= 0.6 is 0 Å². The zero-order valence-corrected chi connectivity index (χ0v) is 34.2. The highest BCUT2D eigenvalue weighted by molar-refractivity contribution is 6.12. The van der Waals surface area contributed by atoms with Crippen molar-refractivity contribution in [1.82, 2.24) is 24.5 Å². The lowest BCUT2D eigenvalue weighted by Crippen LogP contribution is -2.15. The highest BCUT2D eigenvalue weighted by atomic mass is 15.0. The van der Waals surface area contributed by atoms with E-state index >= 15 is 0 Å². The predicted octanol–water partition coefficient (Wildman–Crippen LogP) is 13.7. The Morgan fingerprint density at radius 1 is 0.475 bits per heavy atom. The monoisotopic (exact) mass is 782 g/mol. The van der Waals surface area contributed by atoms with Crippen LogP contribution in [0.25, 0.3) is 99.7 Å². The van der Waals surface area contributed by atoms with Crippen molar-refractivity contribution in [2.75, 3.05) is 0 Å². The zero-order valence-electron chi connectivity index (χ0n) is 34.2. The molecule has 2 aliphatic carbocycles. The first-order valence-corrected chi connectivity index (χ1v) is 20.7. The largest absolute Gasteiger partial charge is 0.307 e. The molecule has 61 heavy (non-hydrogen) atoms. The third-order valence-corrected chi connectivity index (χ3v) is 13.3. The third-order valence-electron chi connectivity index (χ3n) is 13.3. The van der Waals surface area contributed by atoms with Crippen LogP contribution in [0.1, 0.15) is 49.9 Å². The van der Waals surface area contributed by atoms with Crippen molar-refractivity contribution in [3.8, 4) is 62.1 Å². The molecular formula is C55H38N6. The molecule has 0 fully saturated rings. The number of hydrogen-bond acceptors (Lipinski definition) is 4. The first-order valence-electron chi connectivity index (χ1n) is 20.7. The van der Waals surface area contributed by atoms with Crippen LogP contribution in [-0.2, 0) is 10.8 Å². The molecular weight excluding hydrogens is 745 g/mol. The van der Waals surface area contributed by atoms with Gasteiger partial charge < -0.3 is 4.57 Å². The molecule has 2 aliphatic rings. The molecule has 0 saturated heterocycles. The molecule has 0 bridgehead atoms. The number of hydrogen-bond donors (Lipinski definition) is 0. The predicted molar refractivity (Wildman–Crippen MR) is 247 cm³/mol. The summed E-state index contributed by atoms with van der Waals surface area (Å²) in [6.07, 6.45) is 1.84. The van der Waals surface area contributed by atoms with E-state index in [4.69, 9.17) is 26.5 Å². The van der Waals surface area contributed by atoms with Gasteiger partial charge in [0, 0.05) is 44.5 Å². The number of fused-ring (bicyclic) bond motifs is 10. The summed E-state index contributed by atoms with van der Waals surface area (Å²) in [6.45, 7) is 17.1. The van der Waals surface area contributed by atoms with Crippen LogP contribution in [0, 0.1) is 6.57 Å². The second-order valence-electron chi connectivity index (χ2n) is 17.4. The number of nitrogens with zero attached hydrogens (tertiary/aromatic N) is 6. The van der Waals surface area contributed by atoms with Gasteiger partial charge in [-0.1, -0.05) is 125 Å². The summed E-state index contributed by atoms with van der Waals surface area (Å²) in [6, 6.07) is 53.5. The Morgan fingerprint density at radius 2 is 0.984 bits per heavy atom. The second kappa shape index (κ2) is 12.6. The minimum absolute atomic E-state index is 0.176. The van der Waals surface area contributed by atoms with Crippen molar-refractivity contribution in [2.24, 2.45) is 0 Å². The van der Waals surface area contributed by atoms with Gasteiger partial charge in [0.15, 0.2) is 23.2 Å². The maximum atomic E-state index is 7.89. The van der Waals surface area contributed by atoms with E-state index in [1.807, 2.05) is 30.5 Å². The lowest BCUT2D eigenvalue weighted by Gasteiger charge is -2.22. The Balaban J connectivity index is 1.08. The summed E-state index contributed by atoms with van der Waals surface area (Å²) in [4.78, 5) is 24.5. The van der Waals surface area contributed by atoms with Gasteiger partial charge >= 0.3 is 0 Å². The van der Waals surface area contributed by atoms with Crippen LogP contribution in [0.15, 0.2) is 158 Å². The Kier molecular flexibility index (Phi) is 7.29. The molecule has 7 aromatic carbocycles. The van der Waals surface area contributed by atoms with E-state index in [0.717, 1.165) is 55.1 Å². The lowest BCUT2D eigenvalue weighted by atomic mass is 9.82. The molecule has 6 heteroatoms. The fourth-order valence-corrected chi connectivity index (χ4v) is 10.2. The summed E-state index contributed by atoms with van der Waals surface area (Å²) in [5.74, 6) is 1.83. The molecule has 0 aliphatic heterocycles.